The highest BCUT2D eigenvalue weighted by molar-refractivity contribution is 6.08. The van der Waals surface area contributed by atoms with Crippen LogP contribution in [-0.2, 0) is 13.2 Å². The lowest BCUT2D eigenvalue weighted by Gasteiger charge is -2.17. The van der Waals surface area contributed by atoms with E-state index < -0.39 is 0 Å². The zero-order valence-corrected chi connectivity index (χ0v) is 15.0. The first-order valence-electron chi connectivity index (χ1n) is 8.70. The maximum absolute atomic E-state index is 12.6. The molecule has 136 valence electrons. The summed E-state index contributed by atoms with van der Waals surface area (Å²) in [5, 5.41) is 16.3. The lowest BCUT2D eigenvalue weighted by atomic mass is 10.2. The van der Waals surface area contributed by atoms with Gasteiger partial charge in [-0.05, 0) is 30.8 Å². The number of benzene rings is 1. The van der Waals surface area contributed by atoms with E-state index in [4.69, 9.17) is 0 Å². The van der Waals surface area contributed by atoms with Crippen LogP contribution in [0.4, 0.5) is 5.69 Å². The quantitative estimate of drug-likeness (QED) is 0.681. The third-order valence-corrected chi connectivity index (χ3v) is 4.32. The number of amides is 1. The summed E-state index contributed by atoms with van der Waals surface area (Å²) < 4.78 is 1.64. The number of aliphatic hydroxyl groups is 1. The summed E-state index contributed by atoms with van der Waals surface area (Å²) in [6.45, 7) is 6.90. The molecule has 0 aliphatic carbocycles. The molecule has 0 unspecified atom stereocenters. The number of hydrogen-bond donors (Lipinski definition) is 2. The van der Waals surface area contributed by atoms with Gasteiger partial charge in [0.15, 0.2) is 5.65 Å². The third-order valence-electron chi connectivity index (χ3n) is 4.32. The highest BCUT2D eigenvalue weighted by atomic mass is 16.3. The van der Waals surface area contributed by atoms with E-state index in [0.717, 1.165) is 30.8 Å². The molecule has 0 aliphatic rings. The van der Waals surface area contributed by atoms with Gasteiger partial charge < -0.3 is 10.4 Å². The van der Waals surface area contributed by atoms with E-state index in [-0.39, 0.29) is 12.5 Å². The molecule has 0 spiro atoms. The summed E-state index contributed by atoms with van der Waals surface area (Å²) in [7, 11) is 0. The number of carbonyl (C=O) groups excluding carboxylic acids is 1. The summed E-state index contributed by atoms with van der Waals surface area (Å²) in [6, 6.07) is 7.09. The van der Waals surface area contributed by atoms with Crippen molar-refractivity contribution in [2.75, 3.05) is 18.4 Å². The first-order chi connectivity index (χ1) is 12.6. The summed E-state index contributed by atoms with van der Waals surface area (Å²) >= 11 is 0. The van der Waals surface area contributed by atoms with Gasteiger partial charge in [-0.25, -0.2) is 9.50 Å². The molecule has 3 aromatic rings. The van der Waals surface area contributed by atoms with Crippen LogP contribution >= 0.6 is 0 Å². The SMILES string of the molecule is CCN(CC)Cc1cnc2c(C(=O)Nc3cccc(CO)c3)cnn2c1. The van der Waals surface area contributed by atoms with Crippen molar-refractivity contribution >= 4 is 17.2 Å². The van der Waals surface area contributed by atoms with Gasteiger partial charge in [-0.15, -0.1) is 0 Å². The molecule has 0 radical (unpaired) electrons. The van der Waals surface area contributed by atoms with E-state index in [1.165, 1.54) is 6.20 Å². The molecule has 7 heteroatoms. The number of carbonyl (C=O) groups is 1. The second kappa shape index (κ2) is 8.07. The number of hydrogen-bond acceptors (Lipinski definition) is 5. The van der Waals surface area contributed by atoms with Crippen molar-refractivity contribution in [3.05, 3.63) is 59.5 Å². The molecule has 0 atom stereocenters. The molecule has 2 aromatic heterocycles. The van der Waals surface area contributed by atoms with E-state index in [1.807, 2.05) is 6.20 Å². The van der Waals surface area contributed by atoms with Gasteiger partial charge in [-0.3, -0.25) is 9.69 Å². The average molecular weight is 353 g/mol. The number of fused-ring (bicyclic) bond motifs is 1. The fraction of sp³-hybridized carbons (Fsp3) is 0.316. The van der Waals surface area contributed by atoms with Gasteiger partial charge in [0.1, 0.15) is 5.56 Å². The van der Waals surface area contributed by atoms with Crippen LogP contribution in [0.2, 0.25) is 0 Å². The average Bonchev–Trinajstić information content (AvgIpc) is 3.09. The van der Waals surface area contributed by atoms with E-state index in [9.17, 15) is 9.90 Å². The Morgan fingerprint density at radius 1 is 1.23 bits per heavy atom. The Hall–Kier alpha value is -2.77. The number of rotatable bonds is 7. The molecule has 7 nitrogen and oxygen atoms in total. The number of nitrogens with zero attached hydrogens (tertiary/aromatic N) is 4. The van der Waals surface area contributed by atoms with Crippen molar-refractivity contribution in [1.82, 2.24) is 19.5 Å². The van der Waals surface area contributed by atoms with Gasteiger partial charge in [-0.2, -0.15) is 5.10 Å². The van der Waals surface area contributed by atoms with Crippen molar-refractivity contribution in [2.45, 2.75) is 27.0 Å². The number of aromatic nitrogens is 3. The van der Waals surface area contributed by atoms with Crippen LogP contribution in [0.25, 0.3) is 5.65 Å². The first-order valence-corrected chi connectivity index (χ1v) is 8.70. The first kappa shape index (κ1) is 18.0. The molecule has 0 saturated heterocycles. The van der Waals surface area contributed by atoms with E-state index >= 15 is 0 Å². The number of aliphatic hydroxyl groups excluding tert-OH is 1. The van der Waals surface area contributed by atoms with Gasteiger partial charge in [0, 0.05) is 30.2 Å². The fourth-order valence-corrected chi connectivity index (χ4v) is 2.81. The Morgan fingerprint density at radius 2 is 2.04 bits per heavy atom. The Labute approximate surface area is 152 Å². The largest absolute Gasteiger partial charge is 0.392 e. The van der Waals surface area contributed by atoms with Crippen LogP contribution in [0.5, 0.6) is 0 Å². The molecule has 2 heterocycles. The van der Waals surface area contributed by atoms with Gasteiger partial charge in [-0.1, -0.05) is 26.0 Å². The Balaban J connectivity index is 1.80. The Bertz CT molecular complexity index is 902. The minimum atomic E-state index is -0.279. The summed E-state index contributed by atoms with van der Waals surface area (Å²) in [6.07, 6.45) is 5.22. The molecular weight excluding hydrogens is 330 g/mol. The zero-order valence-electron chi connectivity index (χ0n) is 15.0. The lowest BCUT2D eigenvalue weighted by molar-refractivity contribution is 0.102. The van der Waals surface area contributed by atoms with Crippen molar-refractivity contribution in [3.8, 4) is 0 Å². The van der Waals surface area contributed by atoms with E-state index in [1.54, 1.807) is 35.0 Å². The Kier molecular flexibility index (Phi) is 5.60. The van der Waals surface area contributed by atoms with E-state index in [0.29, 0.717) is 16.9 Å². The van der Waals surface area contributed by atoms with Crippen LogP contribution in [0.3, 0.4) is 0 Å². The van der Waals surface area contributed by atoms with Crippen LogP contribution in [0.1, 0.15) is 35.3 Å². The molecule has 0 saturated carbocycles. The summed E-state index contributed by atoms with van der Waals surface area (Å²) in [5.74, 6) is -0.279. The van der Waals surface area contributed by atoms with Crippen molar-refractivity contribution in [2.24, 2.45) is 0 Å². The van der Waals surface area contributed by atoms with Crippen LogP contribution in [-0.4, -0.2) is 43.6 Å². The highest BCUT2D eigenvalue weighted by Crippen LogP contribution is 2.15. The van der Waals surface area contributed by atoms with Crippen LogP contribution < -0.4 is 5.32 Å². The smallest absolute Gasteiger partial charge is 0.261 e. The lowest BCUT2D eigenvalue weighted by Crippen LogP contribution is -2.22. The molecule has 26 heavy (non-hydrogen) atoms. The zero-order chi connectivity index (χ0) is 18.5. The molecule has 1 amide bonds. The maximum atomic E-state index is 12.6. The molecule has 2 N–H and O–H groups in total. The fourth-order valence-electron chi connectivity index (χ4n) is 2.81. The minimum absolute atomic E-state index is 0.0721. The highest BCUT2D eigenvalue weighted by Gasteiger charge is 2.15. The molecule has 0 bridgehead atoms. The minimum Gasteiger partial charge on any atom is -0.392 e. The van der Waals surface area contributed by atoms with E-state index in [2.05, 4.69) is 34.1 Å². The second-order valence-electron chi connectivity index (χ2n) is 6.06. The molecular formula is C19H23N5O2. The van der Waals surface area contributed by atoms with Gasteiger partial charge in [0.05, 0.1) is 12.8 Å². The van der Waals surface area contributed by atoms with Gasteiger partial charge in [0.25, 0.3) is 5.91 Å². The Morgan fingerprint density at radius 3 is 2.77 bits per heavy atom. The topological polar surface area (TPSA) is 82.8 Å². The van der Waals surface area contributed by atoms with Crippen molar-refractivity contribution in [1.29, 1.82) is 0 Å². The van der Waals surface area contributed by atoms with Gasteiger partial charge in [0.2, 0.25) is 0 Å². The standard InChI is InChI=1S/C19H23N5O2/c1-3-23(4-2)11-15-9-20-18-17(10-21-24(18)12-15)19(26)22-16-7-5-6-14(8-16)13-25/h5-10,12,25H,3-4,11,13H2,1-2H3,(H,22,26). The number of anilines is 1. The second-order valence-corrected chi connectivity index (χ2v) is 6.06. The van der Waals surface area contributed by atoms with Crippen molar-refractivity contribution in [3.63, 3.8) is 0 Å². The van der Waals surface area contributed by atoms with Crippen LogP contribution in [0, 0.1) is 0 Å². The third kappa shape index (κ3) is 3.89. The predicted molar refractivity (Wildman–Crippen MR) is 99.9 cm³/mol. The normalized spacial score (nSPS) is 11.2. The van der Waals surface area contributed by atoms with Crippen LogP contribution in [0.15, 0.2) is 42.9 Å². The van der Waals surface area contributed by atoms with Gasteiger partial charge >= 0.3 is 0 Å². The monoisotopic (exact) mass is 353 g/mol. The summed E-state index contributed by atoms with van der Waals surface area (Å²) in [4.78, 5) is 19.3. The summed E-state index contributed by atoms with van der Waals surface area (Å²) in [5.41, 5.74) is 3.34. The number of nitrogens with one attached hydrogen (secondary N) is 1. The molecule has 0 aliphatic heterocycles. The molecule has 3 rings (SSSR count). The maximum Gasteiger partial charge on any atom is 0.261 e. The molecule has 0 fully saturated rings. The van der Waals surface area contributed by atoms with Crippen molar-refractivity contribution < 1.29 is 9.90 Å². The predicted octanol–water partition coefficient (Wildman–Crippen LogP) is 2.32. The molecule has 1 aromatic carbocycles.